The number of hydrogen-bond donors (Lipinski definition) is 1. The molecule has 1 unspecified atom stereocenters. The molecule has 3 heterocycles. The smallest absolute Gasteiger partial charge is 0.157 e. The highest BCUT2D eigenvalue weighted by Gasteiger charge is 2.27. The van der Waals surface area contributed by atoms with Crippen LogP contribution in [0.15, 0.2) is 36.8 Å². The molecule has 1 N–H and O–H groups in total. The number of likely N-dealkylation sites (tertiary alicyclic amines) is 1. The standard InChI is InChI=1S/C18H27N5/c1-18(2,3)22-11-5-8-16(14-22)20-13-15-7-4-9-19-17(15)23-12-6-10-21-23/h4,6-7,9-10,12,16,20H,5,8,11,13-14H2,1-3H3. The molecule has 0 aliphatic carbocycles. The molecule has 3 rings (SSSR count). The van der Waals surface area contributed by atoms with E-state index in [1.54, 1.807) is 6.20 Å². The van der Waals surface area contributed by atoms with Crippen LogP contribution in [-0.4, -0.2) is 44.3 Å². The van der Waals surface area contributed by atoms with Gasteiger partial charge in [-0.05, 0) is 52.3 Å². The van der Waals surface area contributed by atoms with Gasteiger partial charge in [0.15, 0.2) is 5.82 Å². The van der Waals surface area contributed by atoms with Crippen LogP contribution in [0, 0.1) is 0 Å². The Hall–Kier alpha value is -1.72. The summed E-state index contributed by atoms with van der Waals surface area (Å²) in [6.45, 7) is 10.0. The molecule has 0 bridgehead atoms. The van der Waals surface area contributed by atoms with Gasteiger partial charge in [0.25, 0.3) is 0 Å². The van der Waals surface area contributed by atoms with E-state index in [-0.39, 0.29) is 5.54 Å². The SMILES string of the molecule is CC(C)(C)N1CCCC(NCc2cccnc2-n2cccn2)C1. The number of nitrogens with one attached hydrogen (secondary N) is 1. The number of piperidine rings is 1. The molecule has 0 spiro atoms. The van der Waals surface area contributed by atoms with Gasteiger partial charge in [-0.3, -0.25) is 4.90 Å². The van der Waals surface area contributed by atoms with E-state index in [2.05, 4.69) is 47.1 Å². The van der Waals surface area contributed by atoms with E-state index < -0.39 is 0 Å². The van der Waals surface area contributed by atoms with Crippen LogP contribution in [0.1, 0.15) is 39.2 Å². The predicted molar refractivity (Wildman–Crippen MR) is 92.5 cm³/mol. The van der Waals surface area contributed by atoms with Gasteiger partial charge < -0.3 is 5.32 Å². The van der Waals surface area contributed by atoms with Gasteiger partial charge in [-0.25, -0.2) is 9.67 Å². The zero-order valence-corrected chi connectivity index (χ0v) is 14.4. The molecule has 1 atom stereocenters. The Morgan fingerprint density at radius 3 is 2.87 bits per heavy atom. The van der Waals surface area contributed by atoms with Crippen molar-refractivity contribution in [3.8, 4) is 5.82 Å². The maximum absolute atomic E-state index is 4.49. The quantitative estimate of drug-likeness (QED) is 0.942. The molecular weight excluding hydrogens is 286 g/mol. The molecule has 5 nitrogen and oxygen atoms in total. The van der Waals surface area contributed by atoms with Crippen LogP contribution in [-0.2, 0) is 6.54 Å². The molecule has 5 heteroatoms. The normalized spacial score (nSPS) is 19.9. The summed E-state index contributed by atoms with van der Waals surface area (Å²) in [5.74, 6) is 0.911. The summed E-state index contributed by atoms with van der Waals surface area (Å²) >= 11 is 0. The van der Waals surface area contributed by atoms with Crippen molar-refractivity contribution in [2.75, 3.05) is 13.1 Å². The molecule has 0 aromatic carbocycles. The lowest BCUT2D eigenvalue weighted by molar-refractivity contribution is 0.0903. The fourth-order valence-corrected chi connectivity index (χ4v) is 3.18. The number of aromatic nitrogens is 3. The monoisotopic (exact) mass is 313 g/mol. The minimum Gasteiger partial charge on any atom is -0.309 e. The molecule has 0 amide bonds. The second kappa shape index (κ2) is 6.81. The van der Waals surface area contributed by atoms with Crippen LogP contribution < -0.4 is 5.32 Å². The summed E-state index contributed by atoms with van der Waals surface area (Å²) in [6, 6.07) is 6.58. The van der Waals surface area contributed by atoms with Crippen molar-refractivity contribution in [2.45, 2.75) is 51.7 Å². The number of pyridine rings is 1. The third kappa shape index (κ3) is 3.98. The maximum Gasteiger partial charge on any atom is 0.157 e. The summed E-state index contributed by atoms with van der Waals surface area (Å²) in [5.41, 5.74) is 1.43. The molecule has 0 saturated carbocycles. The van der Waals surface area contributed by atoms with E-state index in [0.29, 0.717) is 6.04 Å². The highest BCUT2D eigenvalue weighted by atomic mass is 15.3. The average Bonchev–Trinajstić information content (AvgIpc) is 3.07. The maximum atomic E-state index is 4.49. The zero-order chi connectivity index (χ0) is 16.3. The summed E-state index contributed by atoms with van der Waals surface area (Å²) in [7, 11) is 0. The van der Waals surface area contributed by atoms with E-state index in [1.807, 2.05) is 29.2 Å². The van der Waals surface area contributed by atoms with Gasteiger partial charge in [0.05, 0.1) is 0 Å². The first-order valence-corrected chi connectivity index (χ1v) is 8.46. The van der Waals surface area contributed by atoms with Crippen molar-refractivity contribution >= 4 is 0 Å². The topological polar surface area (TPSA) is 46.0 Å². The fraction of sp³-hybridized carbons (Fsp3) is 0.556. The first-order valence-electron chi connectivity index (χ1n) is 8.46. The molecule has 2 aromatic heterocycles. The van der Waals surface area contributed by atoms with Crippen molar-refractivity contribution < 1.29 is 0 Å². The van der Waals surface area contributed by atoms with E-state index in [9.17, 15) is 0 Å². The van der Waals surface area contributed by atoms with Crippen molar-refractivity contribution in [3.63, 3.8) is 0 Å². The molecule has 124 valence electrons. The summed E-state index contributed by atoms with van der Waals surface area (Å²) in [4.78, 5) is 7.06. The molecule has 1 fully saturated rings. The van der Waals surface area contributed by atoms with E-state index >= 15 is 0 Å². The lowest BCUT2D eigenvalue weighted by Gasteiger charge is -2.42. The highest BCUT2D eigenvalue weighted by Crippen LogP contribution is 2.20. The minimum absolute atomic E-state index is 0.245. The van der Waals surface area contributed by atoms with Crippen LogP contribution in [0.3, 0.4) is 0 Å². The average molecular weight is 313 g/mol. The molecule has 1 aliphatic rings. The van der Waals surface area contributed by atoms with Gasteiger partial charge in [-0.2, -0.15) is 5.10 Å². The van der Waals surface area contributed by atoms with E-state index in [4.69, 9.17) is 0 Å². The Morgan fingerprint density at radius 1 is 1.26 bits per heavy atom. The van der Waals surface area contributed by atoms with Gasteiger partial charge in [0.2, 0.25) is 0 Å². The first kappa shape index (κ1) is 16.1. The summed E-state index contributed by atoms with van der Waals surface area (Å²) < 4.78 is 1.83. The number of hydrogen-bond acceptors (Lipinski definition) is 4. The number of nitrogens with zero attached hydrogens (tertiary/aromatic N) is 4. The molecule has 0 radical (unpaired) electrons. The molecule has 2 aromatic rings. The minimum atomic E-state index is 0.245. The Kier molecular flexibility index (Phi) is 4.78. The van der Waals surface area contributed by atoms with Crippen LogP contribution in [0.5, 0.6) is 0 Å². The Balaban J connectivity index is 1.65. The molecule has 23 heavy (non-hydrogen) atoms. The van der Waals surface area contributed by atoms with Crippen LogP contribution >= 0.6 is 0 Å². The van der Waals surface area contributed by atoms with Crippen LogP contribution in [0.25, 0.3) is 5.82 Å². The molecule has 1 aliphatic heterocycles. The van der Waals surface area contributed by atoms with Gasteiger partial charge in [-0.15, -0.1) is 0 Å². The summed E-state index contributed by atoms with van der Waals surface area (Å²) in [6.07, 6.45) is 8.04. The zero-order valence-electron chi connectivity index (χ0n) is 14.4. The predicted octanol–water partition coefficient (Wildman–Crippen LogP) is 2.62. The highest BCUT2D eigenvalue weighted by molar-refractivity contribution is 5.32. The third-order valence-corrected chi connectivity index (χ3v) is 4.54. The Labute approximate surface area is 138 Å². The summed E-state index contributed by atoms with van der Waals surface area (Å²) in [5, 5.41) is 8.02. The lowest BCUT2D eigenvalue weighted by Crippen LogP contribution is -2.52. The Morgan fingerprint density at radius 2 is 2.13 bits per heavy atom. The van der Waals surface area contributed by atoms with Crippen LogP contribution in [0.2, 0.25) is 0 Å². The van der Waals surface area contributed by atoms with Gasteiger partial charge >= 0.3 is 0 Å². The largest absolute Gasteiger partial charge is 0.309 e. The third-order valence-electron chi connectivity index (χ3n) is 4.54. The second-order valence-electron chi connectivity index (χ2n) is 7.27. The van der Waals surface area contributed by atoms with Crippen molar-refractivity contribution in [3.05, 3.63) is 42.4 Å². The number of rotatable bonds is 4. The van der Waals surface area contributed by atoms with Crippen molar-refractivity contribution in [1.29, 1.82) is 0 Å². The van der Waals surface area contributed by atoms with Gasteiger partial charge in [0.1, 0.15) is 0 Å². The second-order valence-corrected chi connectivity index (χ2v) is 7.27. The molecule has 1 saturated heterocycles. The van der Waals surface area contributed by atoms with E-state index in [0.717, 1.165) is 18.9 Å². The van der Waals surface area contributed by atoms with Gasteiger partial charge in [-0.1, -0.05) is 6.07 Å². The van der Waals surface area contributed by atoms with Gasteiger partial charge in [0, 0.05) is 48.8 Å². The molecular formula is C18H27N5. The van der Waals surface area contributed by atoms with Crippen LogP contribution in [0.4, 0.5) is 0 Å². The fourth-order valence-electron chi connectivity index (χ4n) is 3.18. The van der Waals surface area contributed by atoms with Crippen molar-refractivity contribution in [1.82, 2.24) is 25.0 Å². The lowest BCUT2D eigenvalue weighted by atomic mass is 9.98. The van der Waals surface area contributed by atoms with E-state index in [1.165, 1.54) is 24.9 Å². The first-order chi connectivity index (χ1) is 11.0. The van der Waals surface area contributed by atoms with Crippen molar-refractivity contribution in [2.24, 2.45) is 0 Å². The Bertz CT molecular complexity index is 615.